The standard InChI is InChI=1S/C20H26N2O2.2H2O/c1-3-13-12-22-9-7-14(13)10-19(22)20(23)16-6-8-21-18-5-4-15(24-2)11-17(16)18;;/h4-6,8,11,13-14,19-20,23H,3,7,9-10,12H2,1-2H3;2*1H2/t13-,14-,19-,20+;;/m0../s1. The summed E-state index contributed by atoms with van der Waals surface area (Å²) in [7, 11) is 1.67. The van der Waals surface area contributed by atoms with E-state index < -0.39 is 6.10 Å². The van der Waals surface area contributed by atoms with Crippen molar-refractivity contribution in [2.24, 2.45) is 11.8 Å². The van der Waals surface area contributed by atoms with Crippen molar-refractivity contribution in [2.45, 2.75) is 38.3 Å². The fourth-order valence-corrected chi connectivity index (χ4v) is 4.71. The largest absolute Gasteiger partial charge is 0.497 e. The van der Waals surface area contributed by atoms with Gasteiger partial charge < -0.3 is 20.8 Å². The number of fused-ring (bicyclic) bond motifs is 4. The summed E-state index contributed by atoms with van der Waals surface area (Å²) in [5.41, 5.74) is 1.89. The van der Waals surface area contributed by atoms with Crippen LogP contribution >= 0.6 is 0 Å². The normalized spacial score (nSPS) is 28.1. The van der Waals surface area contributed by atoms with Crippen molar-refractivity contribution >= 4 is 10.9 Å². The molecule has 5 atom stereocenters. The molecule has 3 aliphatic rings. The van der Waals surface area contributed by atoms with Crippen LogP contribution in [0.1, 0.15) is 37.9 Å². The van der Waals surface area contributed by atoms with E-state index in [1.807, 2.05) is 24.3 Å². The molecule has 0 amide bonds. The van der Waals surface area contributed by atoms with Crippen LogP contribution in [0.2, 0.25) is 0 Å². The summed E-state index contributed by atoms with van der Waals surface area (Å²) in [6.45, 7) is 4.55. The number of hydrogen-bond donors (Lipinski definition) is 1. The van der Waals surface area contributed by atoms with Crippen LogP contribution in [0, 0.1) is 11.8 Å². The number of pyridine rings is 1. The molecule has 5 rings (SSSR count). The number of aliphatic hydroxyl groups excluding tert-OH is 1. The Bertz CT molecular complexity index is 739. The minimum absolute atomic E-state index is 0. The molecule has 6 nitrogen and oxygen atoms in total. The van der Waals surface area contributed by atoms with Crippen molar-refractivity contribution in [3.8, 4) is 5.75 Å². The molecule has 0 spiro atoms. The van der Waals surface area contributed by atoms with Crippen LogP contribution in [0.5, 0.6) is 5.75 Å². The molecule has 1 aromatic heterocycles. The predicted octanol–water partition coefficient (Wildman–Crippen LogP) is 1.75. The lowest BCUT2D eigenvalue weighted by Crippen LogP contribution is -2.55. The summed E-state index contributed by atoms with van der Waals surface area (Å²) >= 11 is 0. The number of ether oxygens (including phenoxy) is 1. The quantitative estimate of drug-likeness (QED) is 0.893. The zero-order valence-corrected chi connectivity index (χ0v) is 15.5. The van der Waals surface area contributed by atoms with Gasteiger partial charge in [-0.1, -0.05) is 13.3 Å². The van der Waals surface area contributed by atoms with Crippen LogP contribution in [-0.4, -0.2) is 52.2 Å². The molecule has 0 radical (unpaired) electrons. The zero-order valence-electron chi connectivity index (χ0n) is 15.5. The summed E-state index contributed by atoms with van der Waals surface area (Å²) in [4.78, 5) is 6.94. The van der Waals surface area contributed by atoms with Crippen LogP contribution in [0.4, 0.5) is 0 Å². The smallest absolute Gasteiger partial charge is 0.119 e. The molecule has 3 saturated heterocycles. The Labute approximate surface area is 154 Å². The molecule has 2 bridgehead atoms. The van der Waals surface area contributed by atoms with Crippen molar-refractivity contribution in [2.75, 3.05) is 20.2 Å². The second-order valence-corrected chi connectivity index (χ2v) is 7.24. The van der Waals surface area contributed by atoms with E-state index in [2.05, 4.69) is 16.8 Å². The number of benzene rings is 1. The molecule has 1 aromatic carbocycles. The van der Waals surface area contributed by atoms with Gasteiger partial charge in [0.25, 0.3) is 0 Å². The lowest BCUT2D eigenvalue weighted by atomic mass is 9.72. The Hall–Kier alpha value is -1.73. The van der Waals surface area contributed by atoms with Crippen LogP contribution in [0.25, 0.3) is 10.9 Å². The van der Waals surface area contributed by atoms with Crippen LogP contribution in [0.15, 0.2) is 30.5 Å². The highest BCUT2D eigenvalue weighted by molar-refractivity contribution is 5.83. The van der Waals surface area contributed by atoms with Gasteiger partial charge in [0.2, 0.25) is 0 Å². The van der Waals surface area contributed by atoms with Gasteiger partial charge >= 0.3 is 0 Å². The fourth-order valence-electron chi connectivity index (χ4n) is 4.71. The highest BCUT2D eigenvalue weighted by Crippen LogP contribution is 2.42. The first-order chi connectivity index (χ1) is 11.7. The van der Waals surface area contributed by atoms with Crippen molar-refractivity contribution in [3.63, 3.8) is 0 Å². The number of rotatable bonds is 4. The Morgan fingerprint density at radius 3 is 2.77 bits per heavy atom. The molecule has 26 heavy (non-hydrogen) atoms. The molecule has 4 heterocycles. The van der Waals surface area contributed by atoms with Gasteiger partial charge in [-0.05, 0) is 61.1 Å². The predicted molar refractivity (Wildman–Crippen MR) is 102 cm³/mol. The molecular formula is C20H30N2O4. The molecule has 2 aromatic rings. The number of nitrogens with zero attached hydrogens (tertiary/aromatic N) is 2. The Kier molecular flexibility index (Phi) is 6.58. The molecule has 144 valence electrons. The maximum absolute atomic E-state index is 11.2. The Balaban J connectivity index is 0.00000121. The maximum atomic E-state index is 11.2. The first-order valence-electron chi connectivity index (χ1n) is 9.06. The molecule has 0 aliphatic carbocycles. The first kappa shape index (κ1) is 20.6. The number of methoxy groups -OCH3 is 1. The molecule has 5 N–H and O–H groups in total. The average molecular weight is 362 g/mol. The SMILES string of the molecule is CC[C@H]1CN2CC[C@H]1C[C@H]2[C@H](O)c1ccnc2ccc(OC)cc12.O.O. The second-order valence-electron chi connectivity index (χ2n) is 7.24. The van der Waals surface area contributed by atoms with E-state index in [-0.39, 0.29) is 17.0 Å². The summed E-state index contributed by atoms with van der Waals surface area (Å²) in [6.07, 6.45) is 4.97. The molecular weight excluding hydrogens is 332 g/mol. The number of hydrogen-bond acceptors (Lipinski definition) is 4. The van der Waals surface area contributed by atoms with Gasteiger partial charge in [-0.3, -0.25) is 9.88 Å². The minimum atomic E-state index is -0.469. The van der Waals surface area contributed by atoms with Crippen LogP contribution in [0.3, 0.4) is 0 Å². The third kappa shape index (κ3) is 3.42. The molecule has 6 heteroatoms. The summed E-state index contributed by atoms with van der Waals surface area (Å²) in [6, 6.07) is 8.07. The maximum Gasteiger partial charge on any atom is 0.119 e. The van der Waals surface area contributed by atoms with Crippen molar-refractivity contribution in [1.82, 2.24) is 9.88 Å². The third-order valence-corrected chi connectivity index (χ3v) is 6.13. The average Bonchev–Trinajstić information content (AvgIpc) is 2.66. The van der Waals surface area contributed by atoms with Crippen LogP contribution < -0.4 is 4.74 Å². The minimum Gasteiger partial charge on any atom is -0.497 e. The van der Waals surface area contributed by atoms with E-state index in [0.717, 1.165) is 53.6 Å². The second kappa shape index (κ2) is 8.31. The fraction of sp³-hybridized carbons (Fsp3) is 0.550. The van der Waals surface area contributed by atoms with Crippen LogP contribution in [-0.2, 0) is 0 Å². The highest BCUT2D eigenvalue weighted by atomic mass is 16.5. The first-order valence-corrected chi connectivity index (χ1v) is 9.06. The van der Waals surface area contributed by atoms with Gasteiger partial charge in [0, 0.05) is 24.2 Å². The van der Waals surface area contributed by atoms with Gasteiger partial charge in [0.1, 0.15) is 5.75 Å². The number of aromatic nitrogens is 1. The topological polar surface area (TPSA) is 109 Å². The monoisotopic (exact) mass is 362 g/mol. The molecule has 1 unspecified atom stereocenters. The van der Waals surface area contributed by atoms with E-state index >= 15 is 0 Å². The van der Waals surface area contributed by atoms with E-state index in [9.17, 15) is 5.11 Å². The number of piperidine rings is 3. The lowest BCUT2D eigenvalue weighted by Gasteiger charge is -2.51. The Morgan fingerprint density at radius 1 is 1.31 bits per heavy atom. The van der Waals surface area contributed by atoms with Gasteiger partial charge in [0.15, 0.2) is 0 Å². The van der Waals surface area contributed by atoms with E-state index in [1.165, 1.54) is 12.8 Å². The van der Waals surface area contributed by atoms with Gasteiger partial charge in [-0.25, -0.2) is 0 Å². The van der Waals surface area contributed by atoms with Gasteiger partial charge in [-0.15, -0.1) is 0 Å². The van der Waals surface area contributed by atoms with E-state index in [4.69, 9.17) is 4.74 Å². The molecule has 3 fully saturated rings. The van der Waals surface area contributed by atoms with Gasteiger partial charge in [0.05, 0.1) is 18.7 Å². The third-order valence-electron chi connectivity index (χ3n) is 6.13. The summed E-state index contributed by atoms with van der Waals surface area (Å²) < 4.78 is 5.36. The zero-order chi connectivity index (χ0) is 16.7. The summed E-state index contributed by atoms with van der Waals surface area (Å²) in [5.74, 6) is 2.37. The van der Waals surface area contributed by atoms with E-state index in [0.29, 0.717) is 0 Å². The molecule has 0 saturated carbocycles. The lowest BCUT2D eigenvalue weighted by molar-refractivity contribution is -0.0562. The van der Waals surface area contributed by atoms with Crippen molar-refractivity contribution in [1.29, 1.82) is 0 Å². The Morgan fingerprint density at radius 2 is 2.12 bits per heavy atom. The highest BCUT2D eigenvalue weighted by Gasteiger charge is 2.42. The van der Waals surface area contributed by atoms with Crippen molar-refractivity contribution < 1.29 is 20.8 Å². The van der Waals surface area contributed by atoms with Gasteiger partial charge in [-0.2, -0.15) is 0 Å². The van der Waals surface area contributed by atoms with E-state index in [1.54, 1.807) is 13.3 Å². The molecule has 3 aliphatic heterocycles. The number of aliphatic hydroxyl groups is 1. The van der Waals surface area contributed by atoms with Crippen molar-refractivity contribution in [3.05, 3.63) is 36.0 Å². The summed E-state index contributed by atoms with van der Waals surface area (Å²) in [5, 5.41) is 12.2.